The highest BCUT2D eigenvalue weighted by Gasteiger charge is 2.39. The number of hydroxylamine groups is 3. The first-order valence-electron chi connectivity index (χ1n) is 6.50. The van der Waals surface area contributed by atoms with Crippen LogP contribution in [0.3, 0.4) is 0 Å². The normalized spacial score (nSPS) is 25.1. The van der Waals surface area contributed by atoms with Crippen molar-refractivity contribution in [2.24, 2.45) is 9.98 Å². The summed E-state index contributed by atoms with van der Waals surface area (Å²) in [7, 11) is 0. The van der Waals surface area contributed by atoms with Gasteiger partial charge in [-0.15, -0.1) is 11.8 Å². The van der Waals surface area contributed by atoms with E-state index in [9.17, 15) is 5.21 Å². The monoisotopic (exact) mass is 292 g/mol. The lowest BCUT2D eigenvalue weighted by Gasteiger charge is -2.44. The molecule has 0 spiro atoms. The molecule has 0 saturated heterocycles. The molecule has 2 aliphatic heterocycles. The maximum atomic E-state index is 12.9. The Kier molecular flexibility index (Phi) is 3.41. The molecule has 0 amide bonds. The van der Waals surface area contributed by atoms with Gasteiger partial charge in [-0.05, 0) is 24.8 Å². The number of rotatable bonds is 4. The largest absolute Gasteiger partial charge is 0.625 e. The number of hydrogen-bond donors (Lipinski definition) is 1. The smallest absolute Gasteiger partial charge is 0.260 e. The van der Waals surface area contributed by atoms with Crippen molar-refractivity contribution in [2.75, 3.05) is 19.5 Å². The Bertz CT molecular complexity index is 606. The molecular formula is C13H16N4O2S. The molecule has 1 N–H and O–H groups in total. The summed E-state index contributed by atoms with van der Waals surface area (Å²) < 4.78 is 4.84. The van der Waals surface area contributed by atoms with Crippen LogP contribution in [0.25, 0.3) is 0 Å². The van der Waals surface area contributed by atoms with Crippen LogP contribution in [-0.2, 0) is 0 Å². The Morgan fingerprint density at radius 2 is 2.35 bits per heavy atom. The minimum atomic E-state index is -0.483. The first-order valence-corrected chi connectivity index (χ1v) is 7.73. The van der Waals surface area contributed by atoms with Gasteiger partial charge < -0.3 is 14.9 Å². The summed E-state index contributed by atoms with van der Waals surface area (Å²) in [5.74, 6) is 1.55. The maximum absolute atomic E-state index is 12.9. The van der Waals surface area contributed by atoms with Crippen LogP contribution >= 0.6 is 11.8 Å². The number of aliphatic imine (C=N–C) groups is 2. The van der Waals surface area contributed by atoms with E-state index in [0.717, 1.165) is 11.4 Å². The number of quaternary nitrogens is 1. The van der Waals surface area contributed by atoms with Gasteiger partial charge in [0.05, 0.1) is 12.8 Å². The summed E-state index contributed by atoms with van der Waals surface area (Å²) in [6.07, 6.45) is 4.33. The summed E-state index contributed by atoms with van der Waals surface area (Å²) in [5, 5.41) is 17.0. The van der Waals surface area contributed by atoms with Crippen LogP contribution in [-0.4, -0.2) is 35.8 Å². The summed E-state index contributed by atoms with van der Waals surface area (Å²) in [4.78, 5) is 8.93. The van der Waals surface area contributed by atoms with Crippen molar-refractivity contribution >= 4 is 23.4 Å². The highest BCUT2D eigenvalue weighted by molar-refractivity contribution is 8.02. The zero-order valence-electron chi connectivity index (χ0n) is 11.4. The van der Waals surface area contributed by atoms with Crippen molar-refractivity contribution in [3.8, 4) is 0 Å². The summed E-state index contributed by atoms with van der Waals surface area (Å²) in [5.41, 5.74) is 0.651. The Morgan fingerprint density at radius 3 is 3.00 bits per heavy atom. The van der Waals surface area contributed by atoms with Crippen molar-refractivity contribution in [3.05, 3.63) is 40.1 Å². The number of amidine groups is 2. The SMILES string of the molecule is CCC[N+]1([O-])CNC(SC)=C2N=C(c3ccco3)N=C21. The number of furan rings is 1. The molecule has 1 aromatic heterocycles. The van der Waals surface area contributed by atoms with Gasteiger partial charge in [-0.3, -0.25) is 4.65 Å². The van der Waals surface area contributed by atoms with Gasteiger partial charge in [0.25, 0.3) is 5.84 Å². The molecule has 7 heteroatoms. The summed E-state index contributed by atoms with van der Waals surface area (Å²) in [6.45, 7) is 2.78. The Hall–Kier alpha value is -1.57. The molecule has 3 rings (SSSR count). The minimum absolute atomic E-state index is 0.299. The molecule has 3 heterocycles. The molecule has 1 aromatic rings. The standard InChI is InChI=1S/C13H16N4O2S/c1-3-6-17(18)8-14-13(20-2)10-12(17)16-11(15-10)9-5-4-7-19-9/h4-5,7,14H,3,6,8H2,1-2H3. The maximum Gasteiger partial charge on any atom is 0.260 e. The second kappa shape index (κ2) is 5.08. The van der Waals surface area contributed by atoms with Gasteiger partial charge in [-0.1, -0.05) is 6.92 Å². The lowest BCUT2D eigenvalue weighted by atomic mass is 10.3. The van der Waals surface area contributed by atoms with E-state index in [1.54, 1.807) is 30.2 Å². The third kappa shape index (κ3) is 2.07. The molecule has 0 bridgehead atoms. The van der Waals surface area contributed by atoms with E-state index >= 15 is 0 Å². The topological polar surface area (TPSA) is 72.9 Å². The average Bonchev–Trinajstić information content (AvgIpc) is 3.09. The van der Waals surface area contributed by atoms with E-state index < -0.39 is 4.65 Å². The quantitative estimate of drug-likeness (QED) is 0.682. The fraction of sp³-hybridized carbons (Fsp3) is 0.385. The van der Waals surface area contributed by atoms with Gasteiger partial charge in [0.1, 0.15) is 5.03 Å². The predicted octanol–water partition coefficient (Wildman–Crippen LogP) is 2.26. The third-order valence-corrected chi connectivity index (χ3v) is 4.01. The van der Waals surface area contributed by atoms with Gasteiger partial charge >= 0.3 is 0 Å². The van der Waals surface area contributed by atoms with Crippen molar-refractivity contribution in [2.45, 2.75) is 13.3 Å². The van der Waals surface area contributed by atoms with Gasteiger partial charge in [-0.2, -0.15) is 4.99 Å². The average molecular weight is 292 g/mol. The van der Waals surface area contributed by atoms with E-state index in [2.05, 4.69) is 15.3 Å². The van der Waals surface area contributed by atoms with Gasteiger partial charge in [0.2, 0.25) is 5.84 Å². The highest BCUT2D eigenvalue weighted by Crippen LogP contribution is 2.31. The van der Waals surface area contributed by atoms with Crippen LogP contribution in [0.15, 0.2) is 43.5 Å². The van der Waals surface area contributed by atoms with E-state index in [1.807, 2.05) is 13.2 Å². The molecule has 1 atom stereocenters. The van der Waals surface area contributed by atoms with Crippen LogP contribution in [0.4, 0.5) is 0 Å². The minimum Gasteiger partial charge on any atom is -0.625 e. The summed E-state index contributed by atoms with van der Waals surface area (Å²) in [6, 6.07) is 3.58. The zero-order chi connectivity index (χ0) is 14.2. The van der Waals surface area contributed by atoms with Crippen molar-refractivity contribution < 1.29 is 9.06 Å². The van der Waals surface area contributed by atoms with Crippen LogP contribution in [0.1, 0.15) is 19.1 Å². The molecule has 20 heavy (non-hydrogen) atoms. The van der Waals surface area contributed by atoms with Crippen LogP contribution in [0.2, 0.25) is 0 Å². The van der Waals surface area contributed by atoms with Crippen LogP contribution < -0.4 is 5.32 Å². The number of thioether (sulfide) groups is 1. The van der Waals surface area contributed by atoms with Gasteiger partial charge in [0.15, 0.2) is 18.1 Å². The molecule has 0 aliphatic carbocycles. The molecule has 6 nitrogen and oxygen atoms in total. The molecule has 0 aromatic carbocycles. The van der Waals surface area contributed by atoms with Gasteiger partial charge in [-0.25, -0.2) is 4.99 Å². The molecule has 2 aliphatic rings. The van der Waals surface area contributed by atoms with Crippen molar-refractivity contribution in [1.82, 2.24) is 5.32 Å². The first kappa shape index (κ1) is 13.4. The number of hydrogen-bond acceptors (Lipinski definition) is 6. The Labute approximate surface area is 121 Å². The molecular weight excluding hydrogens is 276 g/mol. The second-order valence-corrected chi connectivity index (χ2v) is 5.49. The van der Waals surface area contributed by atoms with E-state index in [-0.39, 0.29) is 0 Å². The van der Waals surface area contributed by atoms with Crippen LogP contribution in [0, 0.1) is 5.21 Å². The van der Waals surface area contributed by atoms with Crippen molar-refractivity contribution in [1.29, 1.82) is 0 Å². The zero-order valence-corrected chi connectivity index (χ0v) is 12.2. The van der Waals surface area contributed by atoms with E-state index in [1.165, 1.54) is 0 Å². The summed E-state index contributed by atoms with van der Waals surface area (Å²) >= 11 is 1.54. The number of fused-ring (bicyclic) bond motifs is 1. The molecule has 1 unspecified atom stereocenters. The number of nitrogens with zero attached hydrogens (tertiary/aromatic N) is 3. The second-order valence-electron chi connectivity index (χ2n) is 4.68. The van der Waals surface area contributed by atoms with Gasteiger partial charge in [0, 0.05) is 0 Å². The fourth-order valence-electron chi connectivity index (χ4n) is 2.36. The Balaban J connectivity index is 2.06. The van der Waals surface area contributed by atoms with E-state index in [4.69, 9.17) is 4.42 Å². The van der Waals surface area contributed by atoms with E-state index in [0.29, 0.717) is 36.3 Å². The van der Waals surface area contributed by atoms with Crippen molar-refractivity contribution in [3.63, 3.8) is 0 Å². The first-order chi connectivity index (χ1) is 9.68. The van der Waals surface area contributed by atoms with Crippen LogP contribution in [0.5, 0.6) is 0 Å². The Morgan fingerprint density at radius 1 is 1.50 bits per heavy atom. The molecule has 0 fully saturated rings. The molecule has 106 valence electrons. The molecule has 0 saturated carbocycles. The molecule has 0 radical (unpaired) electrons. The number of nitrogens with one attached hydrogen (secondary N) is 1. The fourth-order valence-corrected chi connectivity index (χ4v) is 2.90. The highest BCUT2D eigenvalue weighted by atomic mass is 32.2. The predicted molar refractivity (Wildman–Crippen MR) is 80.0 cm³/mol. The lowest BCUT2D eigenvalue weighted by molar-refractivity contribution is -0.793. The lowest BCUT2D eigenvalue weighted by Crippen LogP contribution is -2.56. The third-order valence-electron chi connectivity index (χ3n) is 3.27.